The Labute approximate surface area is 197 Å². The van der Waals surface area contributed by atoms with Crippen molar-refractivity contribution >= 4 is 17.7 Å². The molecule has 3 aliphatic rings. The Bertz CT molecular complexity index is 817. The number of hydrogen-bond acceptors (Lipinski definition) is 5. The first-order valence-corrected chi connectivity index (χ1v) is 11.9. The highest BCUT2D eigenvalue weighted by Gasteiger charge is 2.75. The van der Waals surface area contributed by atoms with E-state index in [1.807, 2.05) is 27.7 Å². The third kappa shape index (κ3) is 3.91. The molecule has 3 saturated heterocycles. The summed E-state index contributed by atoms with van der Waals surface area (Å²) in [5.74, 6) is -2.04. The molecule has 33 heavy (non-hydrogen) atoms. The highest BCUT2D eigenvalue weighted by molar-refractivity contribution is 5.99. The number of aliphatic hydroxyl groups is 1. The molecule has 3 rings (SSSR count). The molecule has 8 nitrogen and oxygen atoms in total. The molecule has 3 amide bonds. The topological polar surface area (TPSA) is 90.4 Å². The highest BCUT2D eigenvalue weighted by atomic mass is 16.5. The van der Waals surface area contributed by atoms with Crippen LogP contribution in [0.1, 0.15) is 47.0 Å². The molecular weight excluding hydrogens is 422 g/mol. The summed E-state index contributed by atoms with van der Waals surface area (Å²) in [7, 11) is 1.69. The Hall–Kier alpha value is -2.19. The van der Waals surface area contributed by atoms with Crippen molar-refractivity contribution in [2.75, 3.05) is 26.7 Å². The summed E-state index contributed by atoms with van der Waals surface area (Å²) >= 11 is 0. The van der Waals surface area contributed by atoms with Gasteiger partial charge in [-0.2, -0.15) is 0 Å². The highest BCUT2D eigenvalue weighted by Crippen LogP contribution is 2.59. The average molecular weight is 462 g/mol. The van der Waals surface area contributed by atoms with Gasteiger partial charge in [-0.05, 0) is 40.0 Å². The molecule has 1 spiro atoms. The van der Waals surface area contributed by atoms with Crippen LogP contribution in [0.5, 0.6) is 0 Å². The van der Waals surface area contributed by atoms with Crippen molar-refractivity contribution in [2.24, 2.45) is 11.8 Å². The maximum absolute atomic E-state index is 14.1. The molecule has 2 bridgehead atoms. The molecule has 3 heterocycles. The van der Waals surface area contributed by atoms with E-state index in [1.165, 1.54) is 4.90 Å². The zero-order chi connectivity index (χ0) is 24.7. The van der Waals surface area contributed by atoms with E-state index in [4.69, 9.17) is 4.74 Å². The van der Waals surface area contributed by atoms with E-state index >= 15 is 0 Å². The van der Waals surface area contributed by atoms with Crippen LogP contribution in [-0.4, -0.2) is 93.6 Å². The fourth-order valence-electron chi connectivity index (χ4n) is 5.97. The van der Waals surface area contributed by atoms with Crippen molar-refractivity contribution in [3.05, 3.63) is 25.3 Å². The Morgan fingerprint density at radius 3 is 2.42 bits per heavy atom. The number of fused-ring (bicyclic) bond motifs is 1. The minimum Gasteiger partial charge on any atom is -0.394 e. The van der Waals surface area contributed by atoms with Crippen molar-refractivity contribution in [1.29, 1.82) is 0 Å². The summed E-state index contributed by atoms with van der Waals surface area (Å²) in [6, 6.07) is -1.42. The van der Waals surface area contributed by atoms with Gasteiger partial charge in [0.1, 0.15) is 11.6 Å². The maximum atomic E-state index is 14.1. The number of ether oxygens (including phenoxy) is 1. The summed E-state index contributed by atoms with van der Waals surface area (Å²) in [6.45, 7) is 15.6. The van der Waals surface area contributed by atoms with Crippen molar-refractivity contribution in [3.63, 3.8) is 0 Å². The lowest BCUT2D eigenvalue weighted by atomic mass is 9.70. The lowest BCUT2D eigenvalue weighted by molar-refractivity contribution is -0.154. The number of carbonyl (C=O) groups excluding carboxylic acids is 3. The molecule has 0 saturated carbocycles. The Morgan fingerprint density at radius 2 is 1.91 bits per heavy atom. The van der Waals surface area contributed by atoms with Gasteiger partial charge >= 0.3 is 0 Å². The van der Waals surface area contributed by atoms with Crippen LogP contribution in [-0.2, 0) is 19.1 Å². The summed E-state index contributed by atoms with van der Waals surface area (Å²) in [6.07, 6.45) is 4.56. The molecule has 6 atom stereocenters. The van der Waals surface area contributed by atoms with Gasteiger partial charge in [-0.15, -0.1) is 13.2 Å². The van der Waals surface area contributed by atoms with Gasteiger partial charge in [0.15, 0.2) is 0 Å². The van der Waals surface area contributed by atoms with Gasteiger partial charge in [-0.25, -0.2) is 0 Å². The Kier molecular flexibility index (Phi) is 7.10. The predicted molar refractivity (Wildman–Crippen MR) is 125 cm³/mol. The summed E-state index contributed by atoms with van der Waals surface area (Å²) < 4.78 is 6.47. The molecule has 8 heteroatoms. The third-order valence-electron chi connectivity index (χ3n) is 7.50. The quantitative estimate of drug-likeness (QED) is 0.527. The van der Waals surface area contributed by atoms with Crippen LogP contribution in [0, 0.1) is 11.8 Å². The van der Waals surface area contributed by atoms with E-state index < -0.39 is 41.2 Å². The van der Waals surface area contributed by atoms with Gasteiger partial charge in [-0.1, -0.05) is 19.1 Å². The number of amides is 3. The van der Waals surface area contributed by atoms with Crippen LogP contribution >= 0.6 is 0 Å². The number of hydrogen-bond donors (Lipinski definition) is 1. The normalized spacial score (nSPS) is 31.3. The van der Waals surface area contributed by atoms with E-state index in [-0.39, 0.29) is 24.3 Å². The first-order chi connectivity index (χ1) is 15.5. The maximum Gasteiger partial charge on any atom is 0.249 e. The minimum atomic E-state index is -1.07. The molecule has 0 aromatic rings. The summed E-state index contributed by atoms with van der Waals surface area (Å²) in [5, 5.41) is 10.1. The van der Waals surface area contributed by atoms with Crippen molar-refractivity contribution in [3.8, 4) is 0 Å². The Morgan fingerprint density at radius 1 is 1.27 bits per heavy atom. The fraction of sp³-hybridized carbons (Fsp3) is 0.720. The standard InChI is InChI=1S/C25H39N3O5/c1-8-13-26(7)21(30)18-17-11-12-25(33-17)19(18)22(31)28(16(10-3)15-29)20(25)23(32)27(14-9-2)24(4,5)6/h8-9,16-20,29H,1-2,10-15H2,3-7H3/t16-,17-,18+,19-,20?,25?/m0/s1. The van der Waals surface area contributed by atoms with E-state index in [1.54, 1.807) is 29.0 Å². The van der Waals surface area contributed by atoms with E-state index in [2.05, 4.69) is 13.2 Å². The van der Waals surface area contributed by atoms with Crippen molar-refractivity contribution in [2.45, 2.75) is 76.3 Å². The summed E-state index contributed by atoms with van der Waals surface area (Å²) in [5.41, 5.74) is -1.58. The molecule has 0 aromatic carbocycles. The van der Waals surface area contributed by atoms with E-state index in [0.717, 1.165) is 0 Å². The van der Waals surface area contributed by atoms with Gasteiger partial charge in [0.05, 0.1) is 30.6 Å². The van der Waals surface area contributed by atoms with Gasteiger partial charge in [-0.3, -0.25) is 14.4 Å². The minimum absolute atomic E-state index is 0.163. The second kappa shape index (κ2) is 9.22. The van der Waals surface area contributed by atoms with Crippen LogP contribution < -0.4 is 0 Å². The number of aliphatic hydroxyl groups excluding tert-OH is 1. The van der Waals surface area contributed by atoms with Crippen LogP contribution in [0.2, 0.25) is 0 Å². The number of likely N-dealkylation sites (tertiary alicyclic amines) is 1. The molecule has 2 unspecified atom stereocenters. The van der Waals surface area contributed by atoms with Gasteiger partial charge in [0.25, 0.3) is 0 Å². The second-order valence-electron chi connectivity index (χ2n) is 10.5. The molecule has 0 aliphatic carbocycles. The molecule has 3 aliphatic heterocycles. The number of nitrogens with zero attached hydrogens (tertiary/aromatic N) is 3. The first kappa shape index (κ1) is 25.4. The monoisotopic (exact) mass is 461 g/mol. The molecular formula is C25H39N3O5. The lowest BCUT2D eigenvalue weighted by Crippen LogP contribution is -2.61. The number of likely N-dealkylation sites (N-methyl/N-ethyl adjacent to an activating group) is 1. The lowest BCUT2D eigenvalue weighted by Gasteiger charge is -2.43. The molecule has 184 valence electrons. The largest absolute Gasteiger partial charge is 0.394 e. The van der Waals surface area contributed by atoms with E-state index in [9.17, 15) is 19.5 Å². The SMILES string of the molecule is C=CCN(C)C(=O)[C@@H]1[C@@H]2CCC3(O2)C(C(=O)N(CC=C)C(C)(C)C)N([C@@H](CC)CO)C(=O)[C@H]13. The average Bonchev–Trinajstić information content (AvgIpc) is 3.39. The zero-order valence-electron chi connectivity index (χ0n) is 20.6. The number of carbonyl (C=O) groups is 3. The fourth-order valence-corrected chi connectivity index (χ4v) is 5.97. The van der Waals surface area contributed by atoms with Gasteiger partial charge in [0, 0.05) is 25.7 Å². The van der Waals surface area contributed by atoms with Crippen LogP contribution in [0.3, 0.4) is 0 Å². The smallest absolute Gasteiger partial charge is 0.249 e. The molecule has 1 N–H and O–H groups in total. The Balaban J connectivity index is 2.11. The summed E-state index contributed by atoms with van der Waals surface area (Å²) in [4.78, 5) is 46.2. The predicted octanol–water partition coefficient (Wildman–Crippen LogP) is 1.59. The molecule has 0 aromatic heterocycles. The molecule has 0 radical (unpaired) electrons. The zero-order valence-corrected chi connectivity index (χ0v) is 20.6. The van der Waals surface area contributed by atoms with Gasteiger partial charge in [0.2, 0.25) is 17.7 Å². The van der Waals surface area contributed by atoms with Crippen LogP contribution in [0.15, 0.2) is 25.3 Å². The van der Waals surface area contributed by atoms with Crippen LogP contribution in [0.4, 0.5) is 0 Å². The van der Waals surface area contributed by atoms with Crippen LogP contribution in [0.25, 0.3) is 0 Å². The van der Waals surface area contributed by atoms with Crippen molar-refractivity contribution < 1.29 is 24.2 Å². The second-order valence-corrected chi connectivity index (χ2v) is 10.5. The van der Waals surface area contributed by atoms with E-state index in [0.29, 0.717) is 32.4 Å². The molecule has 3 fully saturated rings. The van der Waals surface area contributed by atoms with Crippen molar-refractivity contribution in [1.82, 2.24) is 14.7 Å². The number of rotatable bonds is 9. The van der Waals surface area contributed by atoms with Gasteiger partial charge < -0.3 is 24.5 Å². The third-order valence-corrected chi connectivity index (χ3v) is 7.50. The first-order valence-electron chi connectivity index (χ1n) is 11.9.